The van der Waals surface area contributed by atoms with Gasteiger partial charge in [0, 0.05) is 25.4 Å². The van der Waals surface area contributed by atoms with Crippen molar-refractivity contribution < 1.29 is 9.84 Å². The summed E-state index contributed by atoms with van der Waals surface area (Å²) < 4.78 is 5.50. The molecule has 0 amide bonds. The number of hydrogen-bond donors (Lipinski definition) is 2. The molecular weight excluding hydrogens is 210 g/mol. The summed E-state index contributed by atoms with van der Waals surface area (Å²) in [7, 11) is 0. The maximum atomic E-state index is 8.64. The van der Waals surface area contributed by atoms with Crippen molar-refractivity contribution in [2.45, 2.75) is 18.9 Å². The highest BCUT2D eigenvalue weighted by Crippen LogP contribution is 2.14. The predicted molar refractivity (Wildman–Crippen MR) is 65.5 cm³/mol. The monoisotopic (exact) mass is 231 g/mol. The van der Waals surface area contributed by atoms with E-state index < -0.39 is 0 Å². The average molecular weight is 231 g/mol. The van der Waals surface area contributed by atoms with E-state index in [1.807, 2.05) is 0 Å². The van der Waals surface area contributed by atoms with Crippen molar-refractivity contribution in [2.75, 3.05) is 38.6 Å². The Labute approximate surface area is 97.5 Å². The van der Waals surface area contributed by atoms with Crippen molar-refractivity contribution in [3.8, 4) is 0 Å². The van der Waals surface area contributed by atoms with Gasteiger partial charge in [0.1, 0.15) is 0 Å². The molecule has 0 aromatic carbocycles. The van der Waals surface area contributed by atoms with Gasteiger partial charge in [0.15, 0.2) is 0 Å². The molecule has 1 aliphatic heterocycles. The van der Waals surface area contributed by atoms with Gasteiger partial charge >= 0.3 is 0 Å². The Balaban J connectivity index is 2.15. The first-order valence-electron chi connectivity index (χ1n) is 5.48. The number of likely N-dealkylation sites (tertiary alicyclic amines) is 1. The highest BCUT2D eigenvalue weighted by molar-refractivity contribution is 7.80. The molecule has 1 aliphatic rings. The highest BCUT2D eigenvalue weighted by atomic mass is 32.1. The van der Waals surface area contributed by atoms with Crippen molar-refractivity contribution in [3.63, 3.8) is 0 Å². The number of aliphatic hydroxyl groups excluding tert-OH is 1. The number of thiol groups is 1. The highest BCUT2D eigenvalue weighted by Gasteiger charge is 2.19. The summed E-state index contributed by atoms with van der Waals surface area (Å²) in [4.78, 5) is 2.39. The summed E-state index contributed by atoms with van der Waals surface area (Å²) in [6, 6.07) is 0. The normalized spacial score (nSPS) is 19.3. The van der Waals surface area contributed by atoms with Gasteiger partial charge in [0.25, 0.3) is 0 Å². The number of hydrogen-bond acceptors (Lipinski definition) is 4. The zero-order valence-corrected chi connectivity index (χ0v) is 10.1. The third kappa shape index (κ3) is 5.02. The number of aliphatic hydroxyl groups is 1. The molecule has 0 aliphatic carbocycles. The minimum absolute atomic E-state index is 0.122. The first-order valence-corrected chi connectivity index (χ1v) is 6.12. The van der Waals surface area contributed by atoms with E-state index in [4.69, 9.17) is 9.84 Å². The van der Waals surface area contributed by atoms with Crippen LogP contribution < -0.4 is 0 Å². The standard InChI is InChI=1S/C11H21NO2S/c1-10(9-15)8-12-4-2-11(3-5-12)14-7-6-13/h11,13,15H,1-9H2. The first-order chi connectivity index (χ1) is 7.26. The van der Waals surface area contributed by atoms with Crippen LogP contribution in [0.5, 0.6) is 0 Å². The van der Waals surface area contributed by atoms with Gasteiger partial charge < -0.3 is 9.84 Å². The van der Waals surface area contributed by atoms with Crippen LogP contribution in [0, 0.1) is 0 Å². The van der Waals surface area contributed by atoms with Gasteiger partial charge in [-0.2, -0.15) is 12.6 Å². The van der Waals surface area contributed by atoms with Gasteiger partial charge in [0.2, 0.25) is 0 Å². The van der Waals surface area contributed by atoms with Crippen molar-refractivity contribution in [3.05, 3.63) is 12.2 Å². The van der Waals surface area contributed by atoms with E-state index in [9.17, 15) is 0 Å². The smallest absolute Gasteiger partial charge is 0.0701 e. The van der Waals surface area contributed by atoms with Crippen LogP contribution in [0.4, 0.5) is 0 Å². The van der Waals surface area contributed by atoms with E-state index >= 15 is 0 Å². The van der Waals surface area contributed by atoms with E-state index in [0.717, 1.165) is 38.2 Å². The fourth-order valence-electron chi connectivity index (χ4n) is 1.82. The second kappa shape index (κ2) is 7.28. The van der Waals surface area contributed by atoms with Gasteiger partial charge in [-0.15, -0.1) is 0 Å². The summed E-state index contributed by atoms with van der Waals surface area (Å²) >= 11 is 4.20. The van der Waals surface area contributed by atoms with Crippen molar-refractivity contribution in [1.82, 2.24) is 4.90 Å². The lowest BCUT2D eigenvalue weighted by atomic mass is 10.1. The Kier molecular flexibility index (Phi) is 6.32. The second-order valence-corrected chi connectivity index (χ2v) is 4.29. The minimum atomic E-state index is 0.122. The van der Waals surface area contributed by atoms with Crippen LogP contribution in [0.3, 0.4) is 0 Å². The maximum Gasteiger partial charge on any atom is 0.0701 e. The molecule has 0 unspecified atom stereocenters. The molecule has 1 fully saturated rings. The zero-order valence-electron chi connectivity index (χ0n) is 9.19. The van der Waals surface area contributed by atoms with Crippen LogP contribution in [0.2, 0.25) is 0 Å². The molecule has 0 aromatic heterocycles. The Morgan fingerprint density at radius 2 is 2.13 bits per heavy atom. The van der Waals surface area contributed by atoms with Gasteiger partial charge in [-0.1, -0.05) is 12.2 Å². The van der Waals surface area contributed by atoms with E-state index in [1.165, 1.54) is 5.57 Å². The van der Waals surface area contributed by atoms with Crippen molar-refractivity contribution >= 4 is 12.6 Å². The molecule has 3 nitrogen and oxygen atoms in total. The second-order valence-electron chi connectivity index (χ2n) is 3.98. The van der Waals surface area contributed by atoms with Gasteiger partial charge in [-0.05, 0) is 12.8 Å². The van der Waals surface area contributed by atoms with E-state index in [1.54, 1.807) is 0 Å². The molecule has 0 atom stereocenters. The zero-order chi connectivity index (χ0) is 11.1. The summed E-state index contributed by atoms with van der Waals surface area (Å²) in [5, 5.41) is 8.64. The van der Waals surface area contributed by atoms with Crippen LogP contribution in [-0.2, 0) is 4.74 Å². The van der Waals surface area contributed by atoms with Crippen molar-refractivity contribution in [1.29, 1.82) is 0 Å². The molecule has 15 heavy (non-hydrogen) atoms. The fourth-order valence-corrected chi connectivity index (χ4v) is 1.92. The lowest BCUT2D eigenvalue weighted by molar-refractivity contribution is -0.00623. The molecule has 1 rings (SSSR count). The first kappa shape index (κ1) is 13.0. The third-order valence-corrected chi connectivity index (χ3v) is 3.10. The Bertz CT molecular complexity index is 191. The number of ether oxygens (including phenoxy) is 1. The molecule has 0 bridgehead atoms. The number of piperidine rings is 1. The summed E-state index contributed by atoms with van der Waals surface area (Å²) in [5.74, 6) is 0.765. The van der Waals surface area contributed by atoms with Crippen LogP contribution in [0.15, 0.2) is 12.2 Å². The molecule has 1 heterocycles. The molecule has 0 saturated carbocycles. The summed E-state index contributed by atoms with van der Waals surface area (Å²) in [5.41, 5.74) is 1.17. The van der Waals surface area contributed by atoms with Gasteiger partial charge in [-0.25, -0.2) is 0 Å². The quantitative estimate of drug-likeness (QED) is 0.527. The molecule has 0 spiro atoms. The topological polar surface area (TPSA) is 32.7 Å². The minimum Gasteiger partial charge on any atom is -0.394 e. The summed E-state index contributed by atoms with van der Waals surface area (Å²) in [6.07, 6.45) is 2.44. The third-order valence-electron chi connectivity index (χ3n) is 2.65. The maximum absolute atomic E-state index is 8.64. The largest absolute Gasteiger partial charge is 0.394 e. The predicted octanol–water partition coefficient (Wildman–Crippen LogP) is 0.946. The molecule has 4 heteroatoms. The van der Waals surface area contributed by atoms with Crippen LogP contribution >= 0.6 is 12.6 Å². The van der Waals surface area contributed by atoms with E-state index in [0.29, 0.717) is 12.7 Å². The molecule has 1 saturated heterocycles. The lowest BCUT2D eigenvalue weighted by Gasteiger charge is -2.32. The van der Waals surface area contributed by atoms with Crippen molar-refractivity contribution in [2.24, 2.45) is 0 Å². The Morgan fingerprint density at radius 3 is 2.67 bits per heavy atom. The molecular formula is C11H21NO2S. The molecule has 88 valence electrons. The van der Waals surface area contributed by atoms with Crippen LogP contribution in [0.1, 0.15) is 12.8 Å². The molecule has 0 radical (unpaired) electrons. The summed E-state index contributed by atoms with van der Waals surface area (Å²) in [6.45, 7) is 7.61. The Hall–Kier alpha value is -0.0300. The SMILES string of the molecule is C=C(CS)CN1CCC(OCCO)CC1. The van der Waals surface area contributed by atoms with Gasteiger partial charge in [-0.3, -0.25) is 4.90 Å². The molecule has 1 N–H and O–H groups in total. The van der Waals surface area contributed by atoms with E-state index in [-0.39, 0.29) is 6.61 Å². The number of nitrogens with zero attached hydrogens (tertiary/aromatic N) is 1. The lowest BCUT2D eigenvalue weighted by Crippen LogP contribution is -2.38. The molecule has 0 aromatic rings. The van der Waals surface area contributed by atoms with Gasteiger partial charge in [0.05, 0.1) is 19.3 Å². The number of rotatable bonds is 6. The Morgan fingerprint density at radius 1 is 1.47 bits per heavy atom. The van der Waals surface area contributed by atoms with Crippen LogP contribution in [0.25, 0.3) is 0 Å². The van der Waals surface area contributed by atoms with Crippen LogP contribution in [-0.4, -0.2) is 54.7 Å². The fraction of sp³-hybridized carbons (Fsp3) is 0.818. The van der Waals surface area contributed by atoms with E-state index in [2.05, 4.69) is 24.1 Å². The average Bonchev–Trinajstić information content (AvgIpc) is 2.28.